The summed E-state index contributed by atoms with van der Waals surface area (Å²) in [4.78, 5) is 0. The molecule has 2 rings (SSSR count). The minimum absolute atomic E-state index is 0.881. The predicted octanol–water partition coefficient (Wildman–Crippen LogP) is 4.25. The van der Waals surface area contributed by atoms with Gasteiger partial charge in [-0.15, -0.1) is 0 Å². The summed E-state index contributed by atoms with van der Waals surface area (Å²) in [6, 6.07) is 8.92. The van der Waals surface area contributed by atoms with Gasteiger partial charge in [-0.25, -0.2) is 0 Å². The summed E-state index contributed by atoms with van der Waals surface area (Å²) in [6.07, 6.45) is 4.80. The molecule has 0 aliphatic heterocycles. The van der Waals surface area contributed by atoms with Crippen LogP contribution in [-0.4, -0.2) is 0 Å². The molecular weight excluding hydrogens is 335 g/mol. The van der Waals surface area contributed by atoms with E-state index in [1.807, 2.05) is 0 Å². The van der Waals surface area contributed by atoms with E-state index in [1.165, 1.54) is 13.9 Å². The first-order valence-electron chi connectivity index (χ1n) is 5.48. The molecule has 0 saturated carbocycles. The molecule has 0 amide bonds. The molecule has 1 unspecified atom stereocenters. The van der Waals surface area contributed by atoms with Crippen LogP contribution in [0, 0.1) is 0 Å². The second kappa shape index (κ2) is 4.57. The summed E-state index contributed by atoms with van der Waals surface area (Å²) >= 11 is -1.31. The Balaban J connectivity index is 2.29. The number of hydrogen-bond donors (Lipinski definition) is 0. The third kappa shape index (κ3) is 1.79. The number of allylic oxidation sites excluding steroid dienone is 1. The molecule has 1 aliphatic rings. The number of hydrogen-bond acceptors (Lipinski definition) is 0. The fourth-order valence-corrected chi connectivity index (χ4v) is 11.1. The Labute approximate surface area is 94.6 Å². The van der Waals surface area contributed by atoms with Gasteiger partial charge in [-0.1, -0.05) is 0 Å². The molecule has 0 radical (unpaired) electrons. The van der Waals surface area contributed by atoms with Crippen LogP contribution >= 0.6 is 0 Å². The zero-order valence-corrected chi connectivity index (χ0v) is 12.5. The maximum absolute atomic E-state index is 2.47. The van der Waals surface area contributed by atoms with Crippen molar-refractivity contribution in [1.82, 2.24) is 0 Å². The van der Waals surface area contributed by atoms with Gasteiger partial charge in [0.2, 0.25) is 0 Å². The molecule has 0 nitrogen and oxygen atoms in total. The van der Waals surface area contributed by atoms with E-state index in [2.05, 4.69) is 50.3 Å². The first kappa shape index (κ1) is 10.4. The van der Waals surface area contributed by atoms with Gasteiger partial charge in [0.25, 0.3) is 0 Å². The Hall–Kier alpha value is -0.170. The average Bonchev–Trinajstić information content (AvgIpc) is 2.65. The monoisotopic (exact) mass is 353 g/mol. The van der Waals surface area contributed by atoms with Gasteiger partial charge in [0.05, 0.1) is 0 Å². The molecule has 14 heavy (non-hydrogen) atoms. The third-order valence-corrected chi connectivity index (χ3v) is 14.6. The summed E-state index contributed by atoms with van der Waals surface area (Å²) < 4.78 is 3.86. The summed E-state index contributed by atoms with van der Waals surface area (Å²) in [5.41, 5.74) is 3.10. The molecule has 0 heterocycles. The molecule has 73 valence electrons. The molecule has 0 bridgehead atoms. The average molecular weight is 352 g/mol. The quantitative estimate of drug-likeness (QED) is 0.714. The van der Waals surface area contributed by atoms with Crippen LogP contribution in [-0.2, 0) is 21.4 Å². The molecule has 0 saturated heterocycles. The van der Waals surface area contributed by atoms with Gasteiger partial charge in [-0.2, -0.15) is 0 Å². The molecule has 1 aromatic carbocycles. The molecule has 1 heteroatoms. The van der Waals surface area contributed by atoms with Gasteiger partial charge in [0, 0.05) is 0 Å². The second-order valence-corrected chi connectivity index (χ2v) is 15.9. The molecule has 1 aromatic rings. The van der Waals surface area contributed by atoms with Gasteiger partial charge >= 0.3 is 94.9 Å². The van der Waals surface area contributed by atoms with Crippen molar-refractivity contribution in [3.8, 4) is 0 Å². The Morgan fingerprint density at radius 3 is 2.57 bits per heavy atom. The summed E-state index contributed by atoms with van der Waals surface area (Å²) in [5, 5.41) is 0. The van der Waals surface area contributed by atoms with Gasteiger partial charge in [-0.3, -0.25) is 0 Å². The van der Waals surface area contributed by atoms with Crippen LogP contribution < -0.4 is 0 Å². The van der Waals surface area contributed by atoms with Crippen LogP contribution in [0.15, 0.2) is 30.3 Å². The summed E-state index contributed by atoms with van der Waals surface area (Å²) in [7, 11) is 0. The maximum atomic E-state index is 2.47. The van der Waals surface area contributed by atoms with Gasteiger partial charge < -0.3 is 0 Å². The second-order valence-electron chi connectivity index (χ2n) is 3.83. The zero-order valence-electron chi connectivity index (χ0n) is 8.96. The van der Waals surface area contributed by atoms with Crippen LogP contribution in [0.2, 0.25) is 8.35 Å². The van der Waals surface area contributed by atoms with Crippen molar-refractivity contribution in [3.05, 3.63) is 41.5 Å². The van der Waals surface area contributed by atoms with Crippen molar-refractivity contribution >= 4 is 6.08 Å². The summed E-state index contributed by atoms with van der Waals surface area (Å²) in [5.74, 6) is 0. The molecule has 0 spiro atoms. The topological polar surface area (TPSA) is 0 Å². The van der Waals surface area contributed by atoms with E-state index in [9.17, 15) is 0 Å². The van der Waals surface area contributed by atoms with Gasteiger partial charge in [0.1, 0.15) is 0 Å². The van der Waals surface area contributed by atoms with E-state index in [-0.39, 0.29) is 0 Å². The predicted molar refractivity (Wildman–Crippen MR) is 59.2 cm³/mol. The van der Waals surface area contributed by atoms with Gasteiger partial charge in [-0.05, 0) is 0 Å². The number of benzene rings is 1. The van der Waals surface area contributed by atoms with Crippen molar-refractivity contribution in [2.45, 2.75) is 25.9 Å². The van der Waals surface area contributed by atoms with E-state index in [1.54, 1.807) is 5.56 Å². The van der Waals surface area contributed by atoms with Crippen LogP contribution in [0.3, 0.4) is 0 Å². The van der Waals surface area contributed by atoms with Crippen molar-refractivity contribution in [2.75, 3.05) is 0 Å². The Kier molecular flexibility index (Phi) is 3.38. The van der Waals surface area contributed by atoms with E-state index < -0.39 is 21.4 Å². The Bertz CT molecular complexity index is 337. The van der Waals surface area contributed by atoms with E-state index in [4.69, 9.17) is 0 Å². The Morgan fingerprint density at radius 2 is 1.86 bits per heavy atom. The van der Waals surface area contributed by atoms with Crippen LogP contribution in [0.4, 0.5) is 0 Å². The zero-order chi connectivity index (χ0) is 9.97. The van der Waals surface area contributed by atoms with Crippen molar-refractivity contribution in [1.29, 1.82) is 0 Å². The standard InChI is InChI=1S/C9H7.2C2H5.Hf/c1-2-5-9-7-3-6-8(9)4-1;2*1-2;/h1-7H;2*1H2,2H3;. The number of fused-ring (bicyclic) bond motifs is 1. The van der Waals surface area contributed by atoms with E-state index in [0.717, 1.165) is 3.67 Å². The molecule has 1 atom stereocenters. The molecule has 1 aliphatic carbocycles. The van der Waals surface area contributed by atoms with Crippen LogP contribution in [0.1, 0.15) is 28.6 Å². The molecule has 0 aromatic heterocycles. The minimum atomic E-state index is -1.31. The molecular formula is C13H17Hf. The normalized spacial score (nSPS) is 18.3. The fourth-order valence-electron chi connectivity index (χ4n) is 2.30. The molecule has 0 N–H and O–H groups in total. The first-order valence-corrected chi connectivity index (χ1v) is 12.6. The van der Waals surface area contributed by atoms with Crippen LogP contribution in [0.5, 0.6) is 0 Å². The van der Waals surface area contributed by atoms with Crippen molar-refractivity contribution in [2.24, 2.45) is 0 Å². The van der Waals surface area contributed by atoms with E-state index in [0.29, 0.717) is 0 Å². The third-order valence-electron chi connectivity index (χ3n) is 3.15. The number of rotatable bonds is 3. The summed E-state index contributed by atoms with van der Waals surface area (Å²) in [6.45, 7) is 4.78. The fraction of sp³-hybridized carbons (Fsp3) is 0.385. The van der Waals surface area contributed by atoms with Crippen molar-refractivity contribution in [3.63, 3.8) is 0 Å². The van der Waals surface area contributed by atoms with E-state index >= 15 is 0 Å². The van der Waals surface area contributed by atoms with Gasteiger partial charge in [0.15, 0.2) is 0 Å². The Morgan fingerprint density at radius 1 is 1.14 bits per heavy atom. The first-order chi connectivity index (χ1) is 6.86. The SMILES string of the molecule is C[CH2][Hf]([CH2]C)[CH]1C=Cc2ccccc21. The van der Waals surface area contributed by atoms with Crippen molar-refractivity contribution < 1.29 is 21.4 Å². The molecule has 0 fully saturated rings. The van der Waals surface area contributed by atoms with Crippen LogP contribution in [0.25, 0.3) is 6.08 Å².